The fraction of sp³-hybridized carbons (Fsp3) is 0.438. The van der Waals surface area contributed by atoms with Gasteiger partial charge in [-0.25, -0.2) is 9.97 Å². The first-order valence-electron chi connectivity index (χ1n) is 8.26. The van der Waals surface area contributed by atoms with Gasteiger partial charge in [-0.1, -0.05) is 4.85 Å². The number of aryl methyl sites for hydroxylation is 2. The molecule has 1 saturated heterocycles. The van der Waals surface area contributed by atoms with Gasteiger partial charge < -0.3 is 14.5 Å². The highest BCUT2D eigenvalue weighted by Gasteiger charge is 2.28. The van der Waals surface area contributed by atoms with Gasteiger partial charge in [0, 0.05) is 12.7 Å². The van der Waals surface area contributed by atoms with Crippen LogP contribution in [-0.2, 0) is 4.74 Å². The first kappa shape index (κ1) is 16.9. The second-order valence-electron chi connectivity index (χ2n) is 6.00. The number of carbonyl (C=O) groups excluding carboxylic acids is 1. The summed E-state index contributed by atoms with van der Waals surface area (Å²) in [6.07, 6.45) is 1.41. The number of hydrogen-bond acceptors (Lipinski definition) is 8. The number of thiazole rings is 1. The fourth-order valence-electron chi connectivity index (χ4n) is 2.86. The molecule has 1 fully saturated rings. The molecule has 0 aromatic carbocycles. The number of fused-ring (bicyclic) bond motifs is 1. The lowest BCUT2D eigenvalue weighted by Crippen LogP contribution is -2.48. The molecule has 0 spiro atoms. The van der Waals surface area contributed by atoms with Crippen molar-refractivity contribution < 1.29 is 14.4 Å². The molecule has 0 bridgehead atoms. The van der Waals surface area contributed by atoms with Gasteiger partial charge in [0.15, 0.2) is 0 Å². The number of rotatable bonds is 4. The highest BCUT2D eigenvalue weighted by Crippen LogP contribution is 2.20. The quantitative estimate of drug-likeness (QED) is 0.669. The summed E-state index contributed by atoms with van der Waals surface area (Å²) < 4.78 is 5.73. The minimum absolute atomic E-state index is 0.00530. The molecular weight excluding hydrogens is 356 g/mol. The van der Waals surface area contributed by atoms with Crippen LogP contribution in [0.3, 0.4) is 0 Å². The molecule has 26 heavy (non-hydrogen) atoms. The summed E-state index contributed by atoms with van der Waals surface area (Å²) in [5.74, 6) is -0.00530. The number of hydrogen-bond donors (Lipinski definition) is 0. The van der Waals surface area contributed by atoms with Crippen LogP contribution < -0.4 is 4.84 Å². The average Bonchev–Trinajstić information content (AvgIpc) is 3.22. The smallest absolute Gasteiger partial charge is 0.266 e. The molecule has 4 rings (SSSR count). The van der Waals surface area contributed by atoms with Gasteiger partial charge in [0.1, 0.15) is 23.1 Å². The van der Waals surface area contributed by atoms with Crippen LogP contribution in [0, 0.1) is 13.8 Å². The van der Waals surface area contributed by atoms with Crippen molar-refractivity contribution in [2.45, 2.75) is 20.0 Å². The molecule has 1 atom stereocenters. The van der Waals surface area contributed by atoms with Crippen LogP contribution in [0.4, 0.5) is 0 Å². The van der Waals surface area contributed by atoms with Crippen molar-refractivity contribution in [2.75, 3.05) is 26.3 Å². The predicted molar refractivity (Wildman–Crippen MR) is 94.0 cm³/mol. The van der Waals surface area contributed by atoms with E-state index in [1.54, 1.807) is 17.2 Å². The third-order valence-corrected chi connectivity index (χ3v) is 5.15. The number of pyridine rings is 1. The Bertz CT molecular complexity index is 939. The van der Waals surface area contributed by atoms with Gasteiger partial charge in [-0.05, 0) is 31.2 Å². The van der Waals surface area contributed by atoms with Crippen LogP contribution in [0.15, 0.2) is 18.3 Å². The molecule has 0 N–H and O–H groups in total. The van der Waals surface area contributed by atoms with E-state index < -0.39 is 0 Å². The molecule has 10 heteroatoms. The van der Waals surface area contributed by atoms with Crippen LogP contribution in [0.2, 0.25) is 0 Å². The summed E-state index contributed by atoms with van der Waals surface area (Å²) in [7, 11) is 0. The lowest BCUT2D eigenvalue weighted by atomic mass is 10.2. The van der Waals surface area contributed by atoms with Gasteiger partial charge in [0.2, 0.25) is 5.65 Å². The summed E-state index contributed by atoms with van der Waals surface area (Å²) in [4.78, 5) is 30.7. The van der Waals surface area contributed by atoms with Crippen molar-refractivity contribution in [1.29, 1.82) is 0 Å². The molecule has 1 amide bonds. The Balaban J connectivity index is 1.41. The van der Waals surface area contributed by atoms with Gasteiger partial charge in [0.25, 0.3) is 5.91 Å². The van der Waals surface area contributed by atoms with Crippen molar-refractivity contribution in [3.63, 3.8) is 0 Å². The van der Waals surface area contributed by atoms with Crippen molar-refractivity contribution in [2.24, 2.45) is 0 Å². The first-order chi connectivity index (χ1) is 12.6. The Morgan fingerprint density at radius 1 is 1.46 bits per heavy atom. The molecule has 0 saturated carbocycles. The summed E-state index contributed by atoms with van der Waals surface area (Å²) >= 11 is 1.43. The van der Waals surface area contributed by atoms with Crippen LogP contribution >= 0.6 is 11.3 Å². The number of aromatic nitrogens is 5. The van der Waals surface area contributed by atoms with Crippen molar-refractivity contribution in [1.82, 2.24) is 30.0 Å². The molecule has 4 heterocycles. The van der Waals surface area contributed by atoms with Gasteiger partial charge >= 0.3 is 0 Å². The Labute approximate surface area is 153 Å². The van der Waals surface area contributed by atoms with E-state index in [1.807, 2.05) is 19.9 Å². The van der Waals surface area contributed by atoms with Crippen molar-refractivity contribution >= 4 is 28.4 Å². The number of nitrogens with zero attached hydrogens (tertiary/aromatic N) is 6. The molecule has 1 aliphatic rings. The number of ether oxygens (including phenoxy) is 1. The molecule has 3 aromatic heterocycles. The topological polar surface area (TPSA) is 95.3 Å². The van der Waals surface area contributed by atoms with E-state index >= 15 is 0 Å². The van der Waals surface area contributed by atoms with Crippen LogP contribution in [0.5, 0.6) is 0 Å². The third-order valence-electron chi connectivity index (χ3n) is 4.09. The number of amides is 1. The minimum atomic E-state index is -0.245. The maximum absolute atomic E-state index is 12.7. The van der Waals surface area contributed by atoms with Crippen LogP contribution in [0.1, 0.15) is 20.4 Å². The van der Waals surface area contributed by atoms with E-state index in [4.69, 9.17) is 9.57 Å². The Morgan fingerprint density at radius 3 is 3.15 bits per heavy atom. The summed E-state index contributed by atoms with van der Waals surface area (Å²) in [5, 5.41) is 8.82. The van der Waals surface area contributed by atoms with Crippen molar-refractivity contribution in [3.05, 3.63) is 33.9 Å². The summed E-state index contributed by atoms with van der Waals surface area (Å²) in [5.41, 5.74) is 1.98. The van der Waals surface area contributed by atoms with Crippen LogP contribution in [-0.4, -0.2) is 68.3 Å². The minimum Gasteiger partial charge on any atom is -0.391 e. The second kappa shape index (κ2) is 6.96. The second-order valence-corrected chi connectivity index (χ2v) is 7.20. The molecule has 1 unspecified atom stereocenters. The predicted octanol–water partition coefficient (Wildman–Crippen LogP) is 0.869. The molecular formula is C16H18N6O3S. The highest BCUT2D eigenvalue weighted by atomic mass is 32.1. The molecule has 3 aromatic rings. The monoisotopic (exact) mass is 374 g/mol. The standard InChI is InChI=1S/C16H18N6O3S/c1-10-14(26-11(2)18-10)16(23)21-6-7-24-12(8-21)9-25-22-15-13(19-20-22)4-3-5-17-15/h3-5,12H,6-9H2,1-2H3. The van der Waals surface area contributed by atoms with E-state index in [1.165, 1.54) is 16.2 Å². The molecule has 0 radical (unpaired) electrons. The highest BCUT2D eigenvalue weighted by molar-refractivity contribution is 7.13. The molecule has 0 aliphatic carbocycles. The fourth-order valence-corrected chi connectivity index (χ4v) is 3.75. The maximum Gasteiger partial charge on any atom is 0.266 e. The number of morpholine rings is 1. The lowest BCUT2D eigenvalue weighted by Gasteiger charge is -2.32. The largest absolute Gasteiger partial charge is 0.391 e. The van der Waals surface area contributed by atoms with Crippen molar-refractivity contribution in [3.8, 4) is 0 Å². The third kappa shape index (κ3) is 3.25. The van der Waals surface area contributed by atoms with Gasteiger partial charge in [-0.15, -0.1) is 16.4 Å². The first-order valence-corrected chi connectivity index (χ1v) is 9.08. The SMILES string of the molecule is Cc1nc(C)c(C(=O)N2CCOC(COn3nnc4cccnc43)C2)s1. The average molecular weight is 374 g/mol. The van der Waals surface area contributed by atoms with Gasteiger partial charge in [-0.3, -0.25) is 4.79 Å². The van der Waals surface area contributed by atoms with E-state index in [0.717, 1.165) is 10.7 Å². The maximum atomic E-state index is 12.7. The summed E-state index contributed by atoms with van der Waals surface area (Å²) in [6.45, 7) is 5.49. The zero-order valence-electron chi connectivity index (χ0n) is 14.5. The Hall–Kier alpha value is -2.59. The van der Waals surface area contributed by atoms with Crippen LogP contribution in [0.25, 0.3) is 11.2 Å². The van der Waals surface area contributed by atoms with Gasteiger partial charge in [0.05, 0.1) is 23.9 Å². The van der Waals surface area contributed by atoms with E-state index in [9.17, 15) is 4.79 Å². The Morgan fingerprint density at radius 2 is 2.35 bits per heavy atom. The number of carbonyl (C=O) groups is 1. The summed E-state index contributed by atoms with van der Waals surface area (Å²) in [6, 6.07) is 3.60. The van der Waals surface area contributed by atoms with Gasteiger partial charge in [-0.2, -0.15) is 0 Å². The molecule has 9 nitrogen and oxygen atoms in total. The molecule has 1 aliphatic heterocycles. The zero-order chi connectivity index (χ0) is 18.1. The Kier molecular flexibility index (Phi) is 4.51. The van der Waals surface area contributed by atoms with E-state index in [0.29, 0.717) is 35.7 Å². The van der Waals surface area contributed by atoms with E-state index in [-0.39, 0.29) is 18.6 Å². The lowest BCUT2D eigenvalue weighted by molar-refractivity contribution is -0.0679. The molecule has 136 valence electrons. The normalized spacial score (nSPS) is 17.6. The van der Waals surface area contributed by atoms with E-state index in [2.05, 4.69) is 20.3 Å². The zero-order valence-corrected chi connectivity index (χ0v) is 15.3.